The number of methoxy groups -OCH3 is 1. The third-order valence-corrected chi connectivity index (χ3v) is 4.60. The van der Waals surface area contributed by atoms with Gasteiger partial charge in [0.25, 0.3) is 5.91 Å². The molecule has 2 aromatic rings. The fourth-order valence-corrected chi connectivity index (χ4v) is 3.12. The number of carbonyl (C=O) groups is 2. The van der Waals surface area contributed by atoms with Crippen LogP contribution in [0.5, 0.6) is 11.5 Å². The fraction of sp³-hybridized carbons (Fsp3) is 0.364. The van der Waals surface area contributed by atoms with Gasteiger partial charge in [0.05, 0.1) is 25.0 Å². The van der Waals surface area contributed by atoms with Crippen LogP contribution in [0.25, 0.3) is 0 Å². The van der Waals surface area contributed by atoms with Crippen molar-refractivity contribution in [1.29, 1.82) is 0 Å². The van der Waals surface area contributed by atoms with E-state index in [2.05, 4.69) is 4.74 Å². The lowest BCUT2D eigenvalue weighted by Gasteiger charge is -2.39. The van der Waals surface area contributed by atoms with Crippen molar-refractivity contribution < 1.29 is 23.8 Å². The van der Waals surface area contributed by atoms with E-state index in [1.54, 1.807) is 43.0 Å². The minimum atomic E-state index is -0.896. The first-order valence-corrected chi connectivity index (χ1v) is 9.24. The van der Waals surface area contributed by atoms with Crippen LogP contribution in [0.3, 0.4) is 0 Å². The minimum absolute atomic E-state index is 0.0620. The Kier molecular flexibility index (Phi) is 5.58. The van der Waals surface area contributed by atoms with E-state index >= 15 is 0 Å². The zero-order chi connectivity index (χ0) is 20.3. The second-order valence-electron chi connectivity index (χ2n) is 7.26. The van der Waals surface area contributed by atoms with Crippen LogP contribution in [0.15, 0.2) is 42.5 Å². The second kappa shape index (κ2) is 7.92. The van der Waals surface area contributed by atoms with Crippen molar-refractivity contribution in [3.8, 4) is 11.5 Å². The van der Waals surface area contributed by atoms with Gasteiger partial charge in [-0.25, -0.2) is 4.79 Å². The molecule has 0 fully saturated rings. The van der Waals surface area contributed by atoms with Gasteiger partial charge in [0.15, 0.2) is 5.60 Å². The van der Waals surface area contributed by atoms with Crippen LogP contribution in [-0.4, -0.2) is 37.7 Å². The first kappa shape index (κ1) is 19.7. The SMILES string of the molecule is COC(=O)c1ccc(OCCCN2C(=O)C(C)(C)Oc3ccc(C)cc32)cc1. The van der Waals surface area contributed by atoms with Crippen LogP contribution in [0.1, 0.15) is 36.2 Å². The second-order valence-corrected chi connectivity index (χ2v) is 7.26. The lowest BCUT2D eigenvalue weighted by molar-refractivity contribution is -0.132. The van der Waals surface area contributed by atoms with Crippen LogP contribution in [-0.2, 0) is 9.53 Å². The van der Waals surface area contributed by atoms with Gasteiger partial charge in [0, 0.05) is 6.54 Å². The predicted molar refractivity (Wildman–Crippen MR) is 106 cm³/mol. The number of rotatable bonds is 6. The Labute approximate surface area is 165 Å². The highest BCUT2D eigenvalue weighted by atomic mass is 16.5. The van der Waals surface area contributed by atoms with Gasteiger partial charge in [0.2, 0.25) is 0 Å². The van der Waals surface area contributed by atoms with Crippen LogP contribution in [0.2, 0.25) is 0 Å². The van der Waals surface area contributed by atoms with Crippen molar-refractivity contribution >= 4 is 17.6 Å². The molecule has 0 unspecified atom stereocenters. The van der Waals surface area contributed by atoms with Gasteiger partial charge in [-0.2, -0.15) is 0 Å². The highest BCUT2D eigenvalue weighted by Crippen LogP contribution is 2.38. The van der Waals surface area contributed by atoms with Crippen molar-refractivity contribution in [2.24, 2.45) is 0 Å². The van der Waals surface area contributed by atoms with E-state index in [1.165, 1.54) is 7.11 Å². The number of ether oxygens (including phenoxy) is 3. The molecule has 0 spiro atoms. The van der Waals surface area contributed by atoms with Gasteiger partial charge in [-0.3, -0.25) is 4.79 Å². The summed E-state index contributed by atoms with van der Waals surface area (Å²) in [6.45, 7) is 6.53. The average Bonchev–Trinajstić information content (AvgIpc) is 2.68. The van der Waals surface area contributed by atoms with Crippen molar-refractivity contribution in [1.82, 2.24) is 0 Å². The lowest BCUT2D eigenvalue weighted by Crippen LogP contribution is -2.52. The summed E-state index contributed by atoms with van der Waals surface area (Å²) in [5, 5.41) is 0. The van der Waals surface area contributed by atoms with Gasteiger partial charge in [0.1, 0.15) is 11.5 Å². The molecule has 2 aromatic carbocycles. The maximum absolute atomic E-state index is 12.8. The van der Waals surface area contributed by atoms with Crippen LogP contribution in [0.4, 0.5) is 5.69 Å². The van der Waals surface area contributed by atoms with Gasteiger partial charge in [-0.15, -0.1) is 0 Å². The average molecular weight is 383 g/mol. The Morgan fingerprint density at radius 3 is 2.54 bits per heavy atom. The zero-order valence-corrected chi connectivity index (χ0v) is 16.7. The number of aryl methyl sites for hydroxylation is 1. The van der Waals surface area contributed by atoms with Crippen molar-refractivity contribution in [2.75, 3.05) is 25.2 Å². The van der Waals surface area contributed by atoms with Gasteiger partial charge in [-0.05, 0) is 69.2 Å². The molecular weight excluding hydrogens is 358 g/mol. The number of fused-ring (bicyclic) bond motifs is 1. The van der Waals surface area contributed by atoms with E-state index in [1.807, 2.05) is 25.1 Å². The molecule has 1 amide bonds. The third kappa shape index (κ3) is 4.11. The molecule has 1 heterocycles. The number of hydrogen-bond donors (Lipinski definition) is 0. The van der Waals surface area contributed by atoms with Crippen LogP contribution in [0, 0.1) is 6.92 Å². The molecule has 0 bridgehead atoms. The Morgan fingerprint density at radius 2 is 1.86 bits per heavy atom. The molecular formula is C22H25NO5. The standard InChI is InChI=1S/C22H25NO5/c1-15-6-11-19-18(14-15)23(21(25)22(2,3)28-19)12-5-13-27-17-9-7-16(8-10-17)20(24)26-4/h6-11,14H,5,12-13H2,1-4H3. The summed E-state index contributed by atoms with van der Waals surface area (Å²) in [7, 11) is 1.35. The Morgan fingerprint density at radius 1 is 1.14 bits per heavy atom. The summed E-state index contributed by atoms with van der Waals surface area (Å²) < 4.78 is 16.3. The molecule has 1 aliphatic heterocycles. The molecule has 0 saturated heterocycles. The Bertz CT molecular complexity index is 873. The number of anilines is 1. The molecule has 0 atom stereocenters. The normalized spacial score (nSPS) is 14.9. The molecule has 0 saturated carbocycles. The number of benzene rings is 2. The molecule has 1 aliphatic rings. The highest BCUT2D eigenvalue weighted by Gasteiger charge is 2.40. The minimum Gasteiger partial charge on any atom is -0.494 e. The molecule has 148 valence electrons. The molecule has 0 N–H and O–H groups in total. The van der Waals surface area contributed by atoms with Crippen molar-refractivity contribution in [3.05, 3.63) is 53.6 Å². The first-order chi connectivity index (χ1) is 13.3. The monoisotopic (exact) mass is 383 g/mol. The summed E-state index contributed by atoms with van der Waals surface area (Å²) in [4.78, 5) is 26.1. The number of hydrogen-bond acceptors (Lipinski definition) is 5. The smallest absolute Gasteiger partial charge is 0.337 e. The number of amides is 1. The molecule has 6 heteroatoms. The molecule has 0 aliphatic carbocycles. The van der Waals surface area contributed by atoms with E-state index in [-0.39, 0.29) is 11.9 Å². The van der Waals surface area contributed by atoms with Gasteiger partial charge < -0.3 is 19.1 Å². The number of nitrogens with zero attached hydrogens (tertiary/aromatic N) is 1. The molecule has 0 aromatic heterocycles. The zero-order valence-electron chi connectivity index (χ0n) is 16.7. The van der Waals surface area contributed by atoms with E-state index in [9.17, 15) is 9.59 Å². The topological polar surface area (TPSA) is 65.1 Å². The fourth-order valence-electron chi connectivity index (χ4n) is 3.12. The highest BCUT2D eigenvalue weighted by molar-refractivity contribution is 6.02. The van der Waals surface area contributed by atoms with E-state index in [0.29, 0.717) is 30.9 Å². The van der Waals surface area contributed by atoms with Crippen molar-refractivity contribution in [3.63, 3.8) is 0 Å². The Balaban J connectivity index is 1.62. The lowest BCUT2D eigenvalue weighted by atomic mass is 10.0. The third-order valence-electron chi connectivity index (χ3n) is 4.60. The largest absolute Gasteiger partial charge is 0.494 e. The summed E-state index contributed by atoms with van der Waals surface area (Å²) in [6.07, 6.45) is 0.661. The van der Waals surface area contributed by atoms with Gasteiger partial charge >= 0.3 is 5.97 Å². The van der Waals surface area contributed by atoms with Crippen LogP contribution >= 0.6 is 0 Å². The first-order valence-electron chi connectivity index (χ1n) is 9.24. The van der Waals surface area contributed by atoms with E-state index in [0.717, 1.165) is 17.0 Å². The molecule has 3 rings (SSSR count). The van der Waals surface area contributed by atoms with Crippen LogP contribution < -0.4 is 14.4 Å². The molecule has 28 heavy (non-hydrogen) atoms. The van der Waals surface area contributed by atoms with E-state index in [4.69, 9.17) is 9.47 Å². The molecule has 6 nitrogen and oxygen atoms in total. The Hall–Kier alpha value is -3.02. The molecule has 0 radical (unpaired) electrons. The summed E-state index contributed by atoms with van der Waals surface area (Å²) >= 11 is 0. The van der Waals surface area contributed by atoms with Gasteiger partial charge in [-0.1, -0.05) is 6.07 Å². The predicted octanol–water partition coefficient (Wildman–Crippen LogP) is 3.75. The van der Waals surface area contributed by atoms with Crippen molar-refractivity contribution in [2.45, 2.75) is 32.8 Å². The maximum atomic E-state index is 12.8. The summed E-state index contributed by atoms with van der Waals surface area (Å²) in [5.41, 5.74) is 1.45. The summed E-state index contributed by atoms with van der Waals surface area (Å²) in [5.74, 6) is 0.939. The van der Waals surface area contributed by atoms with E-state index < -0.39 is 5.60 Å². The maximum Gasteiger partial charge on any atom is 0.337 e. The number of esters is 1. The number of carbonyl (C=O) groups excluding carboxylic acids is 2. The summed E-state index contributed by atoms with van der Waals surface area (Å²) in [6, 6.07) is 12.6. The quantitative estimate of drug-likeness (QED) is 0.561.